The number of piperazine rings is 1. The minimum atomic E-state index is -0.307. The van der Waals surface area contributed by atoms with Gasteiger partial charge < -0.3 is 24.6 Å². The summed E-state index contributed by atoms with van der Waals surface area (Å²) < 4.78 is 24.9. The van der Waals surface area contributed by atoms with Crippen LogP contribution in [0.1, 0.15) is 11.1 Å². The van der Waals surface area contributed by atoms with Gasteiger partial charge >= 0.3 is 0 Å². The number of halogens is 1. The van der Waals surface area contributed by atoms with E-state index in [0.29, 0.717) is 18.5 Å². The minimum Gasteiger partial charge on any atom is -0.497 e. The van der Waals surface area contributed by atoms with Crippen molar-refractivity contribution in [3.63, 3.8) is 0 Å². The van der Waals surface area contributed by atoms with Gasteiger partial charge in [0.15, 0.2) is 0 Å². The van der Waals surface area contributed by atoms with Crippen molar-refractivity contribution in [2.45, 2.75) is 19.0 Å². The molecular weight excluding hydrogens is 445 g/mol. The van der Waals surface area contributed by atoms with Crippen LogP contribution in [0.5, 0.6) is 11.5 Å². The number of carbonyl (C=O) groups excluding carboxylic acids is 1. The Morgan fingerprint density at radius 1 is 1.00 bits per heavy atom. The van der Waals surface area contributed by atoms with Crippen LogP contribution in [-0.2, 0) is 17.8 Å². The third kappa shape index (κ3) is 4.63. The van der Waals surface area contributed by atoms with Crippen molar-refractivity contribution in [3.8, 4) is 11.5 Å². The Hall–Kier alpha value is -3.74. The fourth-order valence-corrected chi connectivity index (χ4v) is 5.19. The molecule has 3 aromatic carbocycles. The molecule has 0 aromatic heterocycles. The summed E-state index contributed by atoms with van der Waals surface area (Å²) in [6.07, 6.45) is 0.625. The van der Waals surface area contributed by atoms with Crippen LogP contribution in [0, 0.1) is 11.7 Å². The van der Waals surface area contributed by atoms with Crippen molar-refractivity contribution in [2.24, 2.45) is 5.92 Å². The van der Waals surface area contributed by atoms with Gasteiger partial charge in [-0.1, -0.05) is 24.3 Å². The molecule has 0 radical (unpaired) electrons. The van der Waals surface area contributed by atoms with Gasteiger partial charge in [0, 0.05) is 49.2 Å². The molecule has 2 aliphatic heterocycles. The van der Waals surface area contributed by atoms with Crippen LogP contribution in [0.4, 0.5) is 15.8 Å². The number of fused-ring (bicyclic) bond motifs is 3. The van der Waals surface area contributed by atoms with Gasteiger partial charge in [0.25, 0.3) is 0 Å². The number of methoxy groups -OCH3 is 2. The van der Waals surface area contributed by atoms with E-state index in [0.717, 1.165) is 41.5 Å². The molecule has 0 bridgehead atoms. The van der Waals surface area contributed by atoms with E-state index in [4.69, 9.17) is 9.47 Å². The third-order valence-electron chi connectivity index (χ3n) is 7.11. The van der Waals surface area contributed by atoms with Crippen molar-refractivity contribution in [1.29, 1.82) is 0 Å². The number of rotatable bonds is 6. The summed E-state index contributed by atoms with van der Waals surface area (Å²) in [5.74, 6) is 1.00. The van der Waals surface area contributed by atoms with Gasteiger partial charge in [0.2, 0.25) is 5.91 Å². The summed E-state index contributed by atoms with van der Waals surface area (Å²) in [6, 6.07) is 20.6. The van der Waals surface area contributed by atoms with Gasteiger partial charge in [-0.05, 0) is 48.4 Å². The number of benzene rings is 3. The predicted octanol–water partition coefficient (Wildman–Crippen LogP) is 4.03. The maximum atomic E-state index is 14.1. The molecule has 7 heteroatoms. The molecule has 1 N–H and O–H groups in total. The average Bonchev–Trinajstić information content (AvgIpc) is 2.91. The standard InChI is InChI=1S/C28H30FN3O3/c1-34-22-11-8-21(9-12-22)31-13-14-32-26-16-23(35-2)10-7-19(26)15-24(27(32)18-31)28(33)30-17-20-5-3-4-6-25(20)29/h3-12,16,24,27H,13-15,17-18H2,1-2H3,(H,30,33)/t24-,27+/m1/s1. The van der Waals surface area contributed by atoms with Crippen molar-refractivity contribution < 1.29 is 18.7 Å². The fourth-order valence-electron chi connectivity index (χ4n) is 5.19. The minimum absolute atomic E-state index is 0.0221. The Kier molecular flexibility index (Phi) is 6.49. The highest BCUT2D eigenvalue weighted by atomic mass is 19.1. The molecule has 3 aromatic rings. The Morgan fingerprint density at radius 3 is 2.49 bits per heavy atom. The average molecular weight is 476 g/mol. The molecule has 0 spiro atoms. The highest BCUT2D eigenvalue weighted by Crippen LogP contribution is 2.39. The molecule has 5 rings (SSSR count). The molecule has 6 nitrogen and oxygen atoms in total. The Bertz CT molecular complexity index is 1200. The first kappa shape index (κ1) is 23.0. The maximum Gasteiger partial charge on any atom is 0.225 e. The molecule has 2 heterocycles. The number of hydrogen-bond donors (Lipinski definition) is 1. The summed E-state index contributed by atoms with van der Waals surface area (Å²) in [7, 11) is 3.33. The van der Waals surface area contributed by atoms with E-state index in [-0.39, 0.29) is 30.2 Å². The second-order valence-electron chi connectivity index (χ2n) is 9.02. The maximum absolute atomic E-state index is 14.1. The zero-order chi connectivity index (χ0) is 24.4. The Labute approximate surface area is 205 Å². The van der Waals surface area contributed by atoms with E-state index in [2.05, 4.69) is 39.4 Å². The van der Waals surface area contributed by atoms with E-state index >= 15 is 0 Å². The summed E-state index contributed by atoms with van der Waals surface area (Å²) in [5, 5.41) is 3.00. The normalized spacial score (nSPS) is 18.9. The molecule has 2 atom stereocenters. The van der Waals surface area contributed by atoms with Gasteiger partial charge in [-0.2, -0.15) is 0 Å². The number of ether oxygens (including phenoxy) is 2. The summed E-state index contributed by atoms with van der Waals surface area (Å²) in [6.45, 7) is 2.50. The molecule has 182 valence electrons. The van der Waals surface area contributed by atoms with Crippen LogP contribution in [-0.4, -0.2) is 45.8 Å². The summed E-state index contributed by atoms with van der Waals surface area (Å²) >= 11 is 0. The molecule has 0 saturated carbocycles. The molecule has 1 fully saturated rings. The van der Waals surface area contributed by atoms with Gasteiger partial charge in [-0.15, -0.1) is 0 Å². The number of anilines is 2. The third-order valence-corrected chi connectivity index (χ3v) is 7.11. The number of carbonyl (C=O) groups is 1. The van der Waals surface area contributed by atoms with Crippen LogP contribution in [0.15, 0.2) is 66.7 Å². The quantitative estimate of drug-likeness (QED) is 0.584. The Morgan fingerprint density at radius 2 is 1.74 bits per heavy atom. The zero-order valence-corrected chi connectivity index (χ0v) is 20.0. The van der Waals surface area contributed by atoms with E-state index in [9.17, 15) is 9.18 Å². The van der Waals surface area contributed by atoms with E-state index in [1.54, 1.807) is 32.4 Å². The van der Waals surface area contributed by atoms with Crippen LogP contribution in [0.25, 0.3) is 0 Å². The molecule has 2 aliphatic rings. The molecule has 1 saturated heterocycles. The second-order valence-corrected chi connectivity index (χ2v) is 9.02. The van der Waals surface area contributed by atoms with Gasteiger partial charge in [0.1, 0.15) is 17.3 Å². The van der Waals surface area contributed by atoms with Crippen molar-refractivity contribution in [1.82, 2.24) is 5.32 Å². The topological polar surface area (TPSA) is 54.0 Å². The van der Waals surface area contributed by atoms with Gasteiger partial charge in [0.05, 0.1) is 26.2 Å². The predicted molar refractivity (Wildman–Crippen MR) is 135 cm³/mol. The lowest BCUT2D eigenvalue weighted by Crippen LogP contribution is -2.61. The van der Waals surface area contributed by atoms with Crippen LogP contribution >= 0.6 is 0 Å². The van der Waals surface area contributed by atoms with Crippen molar-refractivity contribution >= 4 is 17.3 Å². The fraction of sp³-hybridized carbons (Fsp3) is 0.321. The first-order valence-corrected chi connectivity index (χ1v) is 11.9. The lowest BCUT2D eigenvalue weighted by atomic mass is 9.83. The molecular formula is C28H30FN3O3. The van der Waals surface area contributed by atoms with E-state index in [1.807, 2.05) is 18.2 Å². The molecule has 0 unspecified atom stereocenters. The van der Waals surface area contributed by atoms with E-state index < -0.39 is 0 Å². The first-order valence-electron chi connectivity index (χ1n) is 11.9. The lowest BCUT2D eigenvalue weighted by Gasteiger charge is -2.49. The zero-order valence-electron chi connectivity index (χ0n) is 20.0. The largest absolute Gasteiger partial charge is 0.497 e. The van der Waals surface area contributed by atoms with Gasteiger partial charge in [-0.25, -0.2) is 4.39 Å². The smallest absolute Gasteiger partial charge is 0.225 e. The summed E-state index contributed by atoms with van der Waals surface area (Å²) in [5.41, 5.74) is 3.85. The highest BCUT2D eigenvalue weighted by Gasteiger charge is 2.41. The summed E-state index contributed by atoms with van der Waals surface area (Å²) in [4.78, 5) is 18.1. The number of hydrogen-bond acceptors (Lipinski definition) is 5. The number of amides is 1. The monoisotopic (exact) mass is 475 g/mol. The van der Waals surface area contributed by atoms with Crippen LogP contribution < -0.4 is 24.6 Å². The number of nitrogens with zero attached hydrogens (tertiary/aromatic N) is 2. The van der Waals surface area contributed by atoms with Crippen LogP contribution in [0.2, 0.25) is 0 Å². The van der Waals surface area contributed by atoms with Crippen molar-refractivity contribution in [2.75, 3.05) is 43.7 Å². The van der Waals surface area contributed by atoms with Gasteiger partial charge in [-0.3, -0.25) is 4.79 Å². The van der Waals surface area contributed by atoms with Crippen molar-refractivity contribution in [3.05, 3.63) is 83.7 Å². The van der Waals surface area contributed by atoms with Crippen LogP contribution in [0.3, 0.4) is 0 Å². The lowest BCUT2D eigenvalue weighted by molar-refractivity contribution is -0.126. The van der Waals surface area contributed by atoms with E-state index in [1.165, 1.54) is 6.07 Å². The Balaban J connectivity index is 1.41. The second kappa shape index (κ2) is 9.86. The molecule has 1 amide bonds. The first-order chi connectivity index (χ1) is 17.1. The molecule has 35 heavy (non-hydrogen) atoms. The molecule has 0 aliphatic carbocycles. The number of nitrogens with one attached hydrogen (secondary N) is 1. The SMILES string of the molecule is COc1ccc(N2CCN3c4cc(OC)ccc4C[C@@H](C(=O)NCc4ccccc4F)[C@@H]3C2)cc1. The highest BCUT2D eigenvalue weighted by molar-refractivity contribution is 5.82.